The van der Waals surface area contributed by atoms with Crippen LogP contribution in [0.4, 0.5) is 0 Å². The van der Waals surface area contributed by atoms with Crippen LogP contribution in [-0.2, 0) is 0 Å². The third kappa shape index (κ3) is 3.23. The molecule has 82 valence electrons. The lowest BCUT2D eigenvalue weighted by atomic mass is 10.2. The Labute approximate surface area is 87.2 Å². The van der Waals surface area contributed by atoms with Gasteiger partial charge in [0.1, 0.15) is 0 Å². The summed E-state index contributed by atoms with van der Waals surface area (Å²) in [5.74, 6) is 0. The van der Waals surface area contributed by atoms with Crippen LogP contribution in [0.25, 0.3) is 0 Å². The van der Waals surface area contributed by atoms with Gasteiger partial charge in [-0.3, -0.25) is 0 Å². The molecule has 0 radical (unpaired) electrons. The topological polar surface area (TPSA) is 27.3 Å². The van der Waals surface area contributed by atoms with Crippen LogP contribution in [0.3, 0.4) is 0 Å². The van der Waals surface area contributed by atoms with Gasteiger partial charge in [0, 0.05) is 32.2 Å². The molecule has 2 rings (SSSR count). The van der Waals surface area contributed by atoms with E-state index < -0.39 is 0 Å². The van der Waals surface area contributed by atoms with Crippen molar-refractivity contribution in [3.8, 4) is 0 Å². The standard InChI is InChI=1S/C11H23N3/c1-2-4-7-14(6-3-1)8-5-13-11-9-12-10-11/h11-13H,1-10H2. The van der Waals surface area contributed by atoms with E-state index in [4.69, 9.17) is 0 Å². The SMILES string of the molecule is C1CCCN(CCNC2CNC2)CC1. The number of nitrogens with one attached hydrogen (secondary N) is 2. The summed E-state index contributed by atoms with van der Waals surface area (Å²) >= 11 is 0. The van der Waals surface area contributed by atoms with Crippen molar-refractivity contribution < 1.29 is 0 Å². The molecule has 2 fully saturated rings. The summed E-state index contributed by atoms with van der Waals surface area (Å²) in [7, 11) is 0. The zero-order chi connectivity index (χ0) is 9.64. The molecular formula is C11H23N3. The Morgan fingerprint density at radius 2 is 1.79 bits per heavy atom. The fraction of sp³-hybridized carbons (Fsp3) is 1.00. The summed E-state index contributed by atoms with van der Waals surface area (Å²) in [6.45, 7) is 7.40. The molecular weight excluding hydrogens is 174 g/mol. The molecule has 0 unspecified atom stereocenters. The summed E-state index contributed by atoms with van der Waals surface area (Å²) in [6, 6.07) is 0.752. The lowest BCUT2D eigenvalue weighted by Gasteiger charge is -2.29. The van der Waals surface area contributed by atoms with Gasteiger partial charge in [-0.2, -0.15) is 0 Å². The van der Waals surface area contributed by atoms with Crippen molar-refractivity contribution >= 4 is 0 Å². The van der Waals surface area contributed by atoms with Gasteiger partial charge in [-0.05, 0) is 25.9 Å². The first kappa shape index (κ1) is 10.4. The quantitative estimate of drug-likeness (QED) is 0.684. The van der Waals surface area contributed by atoms with Gasteiger partial charge in [-0.25, -0.2) is 0 Å². The lowest BCUT2D eigenvalue weighted by Crippen LogP contribution is -2.56. The van der Waals surface area contributed by atoms with Crippen LogP contribution in [0, 0.1) is 0 Å². The predicted molar refractivity (Wildman–Crippen MR) is 59.6 cm³/mol. The monoisotopic (exact) mass is 197 g/mol. The molecule has 0 atom stereocenters. The molecule has 3 nitrogen and oxygen atoms in total. The number of rotatable bonds is 4. The summed E-state index contributed by atoms with van der Waals surface area (Å²) in [5, 5.41) is 6.87. The van der Waals surface area contributed by atoms with E-state index in [1.54, 1.807) is 0 Å². The Hall–Kier alpha value is -0.120. The van der Waals surface area contributed by atoms with Crippen LogP contribution in [0.15, 0.2) is 0 Å². The Balaban J connectivity index is 1.54. The first-order chi connectivity index (χ1) is 6.95. The van der Waals surface area contributed by atoms with Gasteiger partial charge >= 0.3 is 0 Å². The fourth-order valence-electron chi connectivity index (χ4n) is 2.22. The van der Waals surface area contributed by atoms with Crippen LogP contribution in [0.1, 0.15) is 25.7 Å². The fourth-order valence-corrected chi connectivity index (χ4v) is 2.22. The van der Waals surface area contributed by atoms with E-state index in [0.717, 1.165) is 6.04 Å². The first-order valence-corrected chi connectivity index (χ1v) is 6.11. The third-order valence-electron chi connectivity index (χ3n) is 3.34. The molecule has 0 aromatic carbocycles. The number of hydrogen-bond acceptors (Lipinski definition) is 3. The molecule has 0 aromatic rings. The smallest absolute Gasteiger partial charge is 0.0318 e. The second-order valence-electron chi connectivity index (χ2n) is 4.57. The van der Waals surface area contributed by atoms with Gasteiger partial charge in [0.25, 0.3) is 0 Å². The largest absolute Gasteiger partial charge is 0.314 e. The molecule has 14 heavy (non-hydrogen) atoms. The molecule has 2 saturated heterocycles. The highest BCUT2D eigenvalue weighted by Crippen LogP contribution is 2.08. The van der Waals surface area contributed by atoms with E-state index >= 15 is 0 Å². The summed E-state index contributed by atoms with van der Waals surface area (Å²) in [5.41, 5.74) is 0. The van der Waals surface area contributed by atoms with Crippen LogP contribution in [-0.4, -0.2) is 50.2 Å². The average molecular weight is 197 g/mol. The van der Waals surface area contributed by atoms with Gasteiger partial charge in [-0.1, -0.05) is 12.8 Å². The van der Waals surface area contributed by atoms with Gasteiger partial charge in [0.05, 0.1) is 0 Å². The van der Waals surface area contributed by atoms with Gasteiger partial charge in [0.2, 0.25) is 0 Å². The highest BCUT2D eigenvalue weighted by molar-refractivity contribution is 4.81. The van der Waals surface area contributed by atoms with Crippen molar-refractivity contribution in [3.05, 3.63) is 0 Å². The van der Waals surface area contributed by atoms with E-state index in [2.05, 4.69) is 15.5 Å². The molecule has 0 amide bonds. The van der Waals surface area contributed by atoms with Crippen LogP contribution < -0.4 is 10.6 Å². The third-order valence-corrected chi connectivity index (χ3v) is 3.34. The van der Waals surface area contributed by atoms with Crippen LogP contribution in [0.5, 0.6) is 0 Å². The maximum Gasteiger partial charge on any atom is 0.0318 e. The van der Waals surface area contributed by atoms with Gasteiger partial charge < -0.3 is 15.5 Å². The molecule has 0 spiro atoms. The lowest BCUT2D eigenvalue weighted by molar-refractivity contribution is 0.268. The highest BCUT2D eigenvalue weighted by Gasteiger charge is 2.15. The van der Waals surface area contributed by atoms with E-state index in [9.17, 15) is 0 Å². The molecule has 2 aliphatic heterocycles. The molecule has 0 saturated carbocycles. The van der Waals surface area contributed by atoms with Crippen molar-refractivity contribution in [3.63, 3.8) is 0 Å². The summed E-state index contributed by atoms with van der Waals surface area (Å²) < 4.78 is 0. The van der Waals surface area contributed by atoms with Crippen molar-refractivity contribution in [2.75, 3.05) is 39.3 Å². The number of hydrogen-bond donors (Lipinski definition) is 2. The summed E-state index contributed by atoms with van der Waals surface area (Å²) in [6.07, 6.45) is 5.70. The van der Waals surface area contributed by atoms with Gasteiger partial charge in [-0.15, -0.1) is 0 Å². The molecule has 2 heterocycles. The second kappa shape index (κ2) is 5.69. The Bertz CT molecular complexity index is 149. The van der Waals surface area contributed by atoms with E-state index in [1.807, 2.05) is 0 Å². The molecule has 0 aliphatic carbocycles. The molecule has 0 aromatic heterocycles. The minimum absolute atomic E-state index is 0.752. The van der Waals surface area contributed by atoms with Crippen LogP contribution >= 0.6 is 0 Å². The normalized spacial score (nSPS) is 25.7. The summed E-state index contributed by atoms with van der Waals surface area (Å²) in [4.78, 5) is 2.62. The van der Waals surface area contributed by atoms with E-state index in [0.29, 0.717) is 0 Å². The minimum Gasteiger partial charge on any atom is -0.314 e. The first-order valence-electron chi connectivity index (χ1n) is 6.11. The molecule has 3 heteroatoms. The van der Waals surface area contributed by atoms with Crippen LogP contribution in [0.2, 0.25) is 0 Å². The number of nitrogens with zero attached hydrogens (tertiary/aromatic N) is 1. The van der Waals surface area contributed by atoms with Crippen molar-refractivity contribution in [1.29, 1.82) is 0 Å². The minimum atomic E-state index is 0.752. The second-order valence-corrected chi connectivity index (χ2v) is 4.57. The van der Waals surface area contributed by atoms with E-state index in [-0.39, 0.29) is 0 Å². The zero-order valence-electron chi connectivity index (χ0n) is 9.10. The predicted octanol–water partition coefficient (Wildman–Crippen LogP) is 0.424. The Kier molecular flexibility index (Phi) is 4.22. The Morgan fingerprint density at radius 3 is 2.36 bits per heavy atom. The van der Waals surface area contributed by atoms with Crippen molar-refractivity contribution in [2.45, 2.75) is 31.7 Å². The maximum atomic E-state index is 3.58. The van der Waals surface area contributed by atoms with Gasteiger partial charge in [0.15, 0.2) is 0 Å². The number of likely N-dealkylation sites (tertiary alicyclic amines) is 1. The van der Waals surface area contributed by atoms with Crippen molar-refractivity contribution in [2.24, 2.45) is 0 Å². The van der Waals surface area contributed by atoms with Crippen molar-refractivity contribution in [1.82, 2.24) is 15.5 Å². The zero-order valence-corrected chi connectivity index (χ0v) is 9.10. The highest BCUT2D eigenvalue weighted by atomic mass is 15.2. The molecule has 2 N–H and O–H groups in total. The molecule has 0 bridgehead atoms. The average Bonchev–Trinajstić information content (AvgIpc) is 2.37. The molecule has 2 aliphatic rings. The van der Waals surface area contributed by atoms with E-state index in [1.165, 1.54) is 65.0 Å². The maximum absolute atomic E-state index is 3.58. The Morgan fingerprint density at radius 1 is 1.07 bits per heavy atom.